The fraction of sp³-hybridized carbons (Fsp3) is 0.300. The van der Waals surface area contributed by atoms with Gasteiger partial charge in [0.1, 0.15) is 5.82 Å². The molecule has 0 fully saturated rings. The van der Waals surface area contributed by atoms with Crippen LogP contribution in [0.15, 0.2) is 48.7 Å². The van der Waals surface area contributed by atoms with Crippen molar-refractivity contribution in [1.29, 1.82) is 0 Å². The second-order valence-corrected chi connectivity index (χ2v) is 5.42. The first-order chi connectivity index (χ1) is 13.5. The molecule has 1 aromatic heterocycles. The lowest BCUT2D eigenvalue weighted by Gasteiger charge is -2.10. The first-order valence-electron chi connectivity index (χ1n) is 8.80. The van der Waals surface area contributed by atoms with Crippen molar-refractivity contribution < 1.29 is 9.18 Å². The fourth-order valence-electron chi connectivity index (χ4n) is 2.57. The molecule has 0 aliphatic heterocycles. The zero-order valence-corrected chi connectivity index (χ0v) is 16.9. The highest BCUT2D eigenvalue weighted by molar-refractivity contribution is 5.81. The lowest BCUT2D eigenvalue weighted by Crippen LogP contribution is -2.13. The van der Waals surface area contributed by atoms with Crippen LogP contribution in [0.3, 0.4) is 0 Å². The smallest absolute Gasteiger partial charge is 0.218 e. The van der Waals surface area contributed by atoms with Crippen LogP contribution in [0.5, 0.6) is 0 Å². The lowest BCUT2D eigenvalue weighted by molar-refractivity contribution is -0.118. The zero-order chi connectivity index (χ0) is 21.7. The predicted molar refractivity (Wildman–Crippen MR) is 114 cm³/mol. The molecule has 0 saturated carbocycles. The van der Waals surface area contributed by atoms with Crippen molar-refractivity contribution in [3.8, 4) is 5.69 Å². The molecule has 1 heterocycles. The van der Waals surface area contributed by atoms with Crippen LogP contribution in [0.1, 0.15) is 24.8 Å². The van der Waals surface area contributed by atoms with Gasteiger partial charge in [-0.2, -0.15) is 5.10 Å². The largest absolute Gasteiger partial charge is 0.370 e. The molecular formula is C20H31FN6O. The van der Waals surface area contributed by atoms with Crippen molar-refractivity contribution in [1.82, 2.24) is 9.78 Å². The maximum absolute atomic E-state index is 13.0. The van der Waals surface area contributed by atoms with Crippen molar-refractivity contribution in [2.24, 2.45) is 22.9 Å². The van der Waals surface area contributed by atoms with Crippen LogP contribution in [0, 0.1) is 5.82 Å². The molecule has 3 aromatic rings. The number of hydrogen-bond acceptors (Lipinski definition) is 5. The van der Waals surface area contributed by atoms with E-state index < -0.39 is 0 Å². The van der Waals surface area contributed by atoms with Crippen LogP contribution in [0.4, 0.5) is 4.39 Å². The van der Waals surface area contributed by atoms with Crippen LogP contribution >= 0.6 is 0 Å². The highest BCUT2D eigenvalue weighted by Gasteiger charge is 2.11. The Balaban J connectivity index is 0.00000111. The van der Waals surface area contributed by atoms with Gasteiger partial charge in [0.2, 0.25) is 5.91 Å². The Morgan fingerprint density at radius 2 is 1.61 bits per heavy atom. The normalized spacial score (nSPS) is 10.4. The fourth-order valence-corrected chi connectivity index (χ4v) is 2.57. The molecule has 2 aromatic carbocycles. The zero-order valence-electron chi connectivity index (χ0n) is 16.9. The molecular weight excluding hydrogens is 359 g/mol. The monoisotopic (exact) mass is 390 g/mol. The summed E-state index contributed by atoms with van der Waals surface area (Å²) in [7, 11) is 4.50. The van der Waals surface area contributed by atoms with Crippen molar-refractivity contribution >= 4 is 16.8 Å². The van der Waals surface area contributed by atoms with Crippen LogP contribution in [-0.4, -0.2) is 36.8 Å². The Morgan fingerprint density at radius 1 is 1.04 bits per heavy atom. The Bertz CT molecular complexity index is 832. The van der Waals surface area contributed by atoms with E-state index >= 15 is 0 Å². The molecule has 0 aliphatic carbocycles. The molecule has 3 rings (SSSR count). The first kappa shape index (κ1) is 25.2. The van der Waals surface area contributed by atoms with Gasteiger partial charge in [0.05, 0.1) is 17.4 Å². The number of aromatic nitrogens is 2. The third kappa shape index (κ3) is 6.73. The minimum atomic E-state index is -0.311. The second kappa shape index (κ2) is 13.4. The average Bonchev–Trinajstić information content (AvgIpc) is 3.16. The van der Waals surface area contributed by atoms with Crippen LogP contribution < -0.4 is 22.9 Å². The SMILES string of the molecule is CC(CC(N)=O)c1ccc2c(cnn2-c2ccc(F)cc2)c1.CN.CN.CN. The quantitative estimate of drug-likeness (QED) is 0.538. The number of benzene rings is 2. The summed E-state index contributed by atoms with van der Waals surface area (Å²) in [4.78, 5) is 11.0. The minimum Gasteiger partial charge on any atom is -0.370 e. The molecule has 1 atom stereocenters. The van der Waals surface area contributed by atoms with Gasteiger partial charge in [0.15, 0.2) is 0 Å². The molecule has 154 valence electrons. The third-order valence-corrected chi connectivity index (χ3v) is 3.74. The van der Waals surface area contributed by atoms with Gasteiger partial charge >= 0.3 is 0 Å². The number of carbonyl (C=O) groups excluding carboxylic acids is 1. The van der Waals surface area contributed by atoms with Gasteiger partial charge in [-0.15, -0.1) is 0 Å². The number of nitrogens with zero attached hydrogens (tertiary/aromatic N) is 2. The summed E-state index contributed by atoms with van der Waals surface area (Å²) in [6.45, 7) is 1.97. The topological polar surface area (TPSA) is 139 Å². The number of primary amides is 1. The van der Waals surface area contributed by atoms with Gasteiger partial charge in [0, 0.05) is 11.8 Å². The number of rotatable bonds is 4. The highest BCUT2D eigenvalue weighted by atomic mass is 19.1. The van der Waals surface area contributed by atoms with E-state index in [0.717, 1.165) is 22.2 Å². The number of amides is 1. The summed E-state index contributed by atoms with van der Waals surface area (Å²) >= 11 is 0. The Morgan fingerprint density at radius 3 is 2.14 bits per heavy atom. The predicted octanol–water partition coefficient (Wildman–Crippen LogP) is 1.87. The summed E-state index contributed by atoms with van der Waals surface area (Å²) in [6, 6.07) is 12.1. The van der Waals surface area contributed by atoms with Crippen molar-refractivity contribution in [2.75, 3.05) is 21.1 Å². The maximum atomic E-state index is 13.0. The average molecular weight is 391 g/mol. The summed E-state index contributed by atoms with van der Waals surface area (Å²) < 4.78 is 14.8. The minimum absolute atomic E-state index is 0.0658. The molecule has 1 amide bonds. The molecule has 8 N–H and O–H groups in total. The number of fused-ring (bicyclic) bond motifs is 1. The van der Waals surface area contributed by atoms with Crippen LogP contribution in [0.2, 0.25) is 0 Å². The molecule has 0 radical (unpaired) electrons. The van der Waals surface area contributed by atoms with Gasteiger partial charge in [-0.05, 0) is 69.0 Å². The molecule has 0 saturated heterocycles. The molecule has 8 heteroatoms. The highest BCUT2D eigenvalue weighted by Crippen LogP contribution is 2.25. The Labute approximate surface area is 165 Å². The van der Waals surface area contributed by atoms with E-state index in [1.165, 1.54) is 33.3 Å². The van der Waals surface area contributed by atoms with Gasteiger partial charge in [-0.3, -0.25) is 4.79 Å². The molecule has 0 bridgehead atoms. The number of nitrogens with two attached hydrogens (primary N) is 4. The Hall–Kier alpha value is -2.81. The maximum Gasteiger partial charge on any atom is 0.218 e. The van der Waals surface area contributed by atoms with E-state index in [1.54, 1.807) is 23.0 Å². The van der Waals surface area contributed by atoms with Crippen LogP contribution in [-0.2, 0) is 4.79 Å². The third-order valence-electron chi connectivity index (χ3n) is 3.74. The van der Waals surface area contributed by atoms with E-state index in [-0.39, 0.29) is 17.6 Å². The van der Waals surface area contributed by atoms with Crippen LogP contribution in [0.25, 0.3) is 16.6 Å². The van der Waals surface area contributed by atoms with E-state index in [2.05, 4.69) is 22.3 Å². The summed E-state index contributed by atoms with van der Waals surface area (Å²) in [5.74, 6) is -0.520. The second-order valence-electron chi connectivity index (χ2n) is 5.42. The number of halogens is 1. The first-order valence-corrected chi connectivity index (χ1v) is 8.80. The molecule has 28 heavy (non-hydrogen) atoms. The van der Waals surface area contributed by atoms with Gasteiger partial charge < -0.3 is 22.9 Å². The van der Waals surface area contributed by atoms with Crippen molar-refractivity contribution in [3.63, 3.8) is 0 Å². The number of hydrogen-bond donors (Lipinski definition) is 4. The Kier molecular flexibility index (Phi) is 12.0. The number of carbonyl (C=O) groups is 1. The van der Waals surface area contributed by atoms with E-state index in [1.807, 2.05) is 25.1 Å². The van der Waals surface area contributed by atoms with Crippen molar-refractivity contribution in [2.45, 2.75) is 19.3 Å². The van der Waals surface area contributed by atoms with Gasteiger partial charge in [0.25, 0.3) is 0 Å². The van der Waals surface area contributed by atoms with Gasteiger partial charge in [-0.1, -0.05) is 13.0 Å². The molecule has 0 spiro atoms. The molecule has 0 aliphatic rings. The summed E-state index contributed by atoms with van der Waals surface area (Å²) in [5, 5.41) is 5.33. The van der Waals surface area contributed by atoms with E-state index in [4.69, 9.17) is 5.73 Å². The molecule has 1 unspecified atom stereocenters. The lowest BCUT2D eigenvalue weighted by atomic mass is 9.96. The van der Waals surface area contributed by atoms with E-state index in [9.17, 15) is 9.18 Å². The standard InChI is InChI=1S/C17H16FN3O.3CH5N/c1-11(8-17(19)22)12-2-7-16-13(9-12)10-20-21(16)15-5-3-14(18)4-6-15;3*1-2/h2-7,9-11H,8H2,1H3,(H2,19,22);3*2H2,1H3. The van der Waals surface area contributed by atoms with Crippen molar-refractivity contribution in [3.05, 3.63) is 60.0 Å². The summed E-state index contributed by atoms with van der Waals surface area (Å²) in [5.41, 5.74) is 21.5. The van der Waals surface area contributed by atoms with Gasteiger partial charge in [-0.25, -0.2) is 9.07 Å². The van der Waals surface area contributed by atoms with E-state index in [0.29, 0.717) is 6.42 Å². The molecule has 7 nitrogen and oxygen atoms in total. The summed E-state index contributed by atoms with van der Waals surface area (Å²) in [6.07, 6.45) is 2.08.